The van der Waals surface area contributed by atoms with Gasteiger partial charge in [0.1, 0.15) is 24.2 Å². The van der Waals surface area contributed by atoms with Crippen molar-refractivity contribution in [3.63, 3.8) is 0 Å². The number of hydrogen-bond donors (Lipinski definition) is 1. The van der Waals surface area contributed by atoms with E-state index in [2.05, 4.69) is 5.32 Å². The van der Waals surface area contributed by atoms with Gasteiger partial charge in [-0.2, -0.15) is 0 Å². The van der Waals surface area contributed by atoms with Gasteiger partial charge in [-0.3, -0.25) is 13.9 Å². The Morgan fingerprint density at radius 2 is 1.40 bits per heavy atom. The molecule has 0 radical (unpaired) electrons. The maximum atomic E-state index is 15.0. The Bertz CT molecular complexity index is 1700. The van der Waals surface area contributed by atoms with Crippen molar-refractivity contribution < 1.29 is 26.8 Å². The summed E-state index contributed by atoms with van der Waals surface area (Å²) in [4.78, 5) is 29.6. The molecule has 0 unspecified atom stereocenters. The summed E-state index contributed by atoms with van der Waals surface area (Å²) in [5, 5.41) is 3.08. The number of amides is 2. The summed E-state index contributed by atoms with van der Waals surface area (Å²) in [7, 11) is -4.31. The standard InChI is InChI=1S/C35H35F2N3O4S/c36-28-19-21-30(22-20-28)40(45(43,44)31-16-5-2-6-17-31)25-34(41)39(24-27-13-7-10-18-32(27)37)33(23-26-11-3-1-4-12-26)35(42)38-29-14-8-9-15-29/h1-7,10-13,16-22,29,33H,8-9,14-15,23-25H2,(H,38,42)/t33-/m0/s1. The van der Waals surface area contributed by atoms with Gasteiger partial charge in [-0.1, -0.05) is 79.6 Å². The van der Waals surface area contributed by atoms with Crippen LogP contribution in [0.25, 0.3) is 0 Å². The Labute approximate surface area is 262 Å². The van der Waals surface area contributed by atoms with Crippen LogP contribution in [0, 0.1) is 11.6 Å². The second kappa shape index (κ2) is 14.5. The molecule has 0 aliphatic heterocycles. The van der Waals surface area contributed by atoms with Gasteiger partial charge in [0, 0.05) is 24.6 Å². The molecular weight excluding hydrogens is 596 g/mol. The van der Waals surface area contributed by atoms with E-state index in [1.165, 1.54) is 47.4 Å². The van der Waals surface area contributed by atoms with Gasteiger partial charge in [0.15, 0.2) is 0 Å². The van der Waals surface area contributed by atoms with Crippen LogP contribution in [0.5, 0.6) is 0 Å². The normalized spacial score (nSPS) is 14.1. The molecule has 7 nitrogen and oxygen atoms in total. The van der Waals surface area contributed by atoms with Gasteiger partial charge in [-0.05, 0) is 60.9 Å². The maximum Gasteiger partial charge on any atom is 0.264 e. The number of anilines is 1. The number of halogens is 2. The SMILES string of the molecule is O=C(NC1CCCC1)[C@H](Cc1ccccc1)N(Cc1ccccc1F)C(=O)CN(c1ccc(F)cc1)S(=O)(=O)c1ccccc1. The minimum absolute atomic E-state index is 0.0460. The van der Waals surface area contributed by atoms with Crippen molar-refractivity contribution >= 4 is 27.5 Å². The second-order valence-corrected chi connectivity index (χ2v) is 13.0. The van der Waals surface area contributed by atoms with Crippen molar-refractivity contribution in [1.29, 1.82) is 0 Å². The molecule has 1 saturated carbocycles. The summed E-state index contributed by atoms with van der Waals surface area (Å²) < 4.78 is 57.7. The molecule has 2 amide bonds. The van der Waals surface area contributed by atoms with E-state index in [-0.39, 0.29) is 35.2 Å². The predicted octanol–water partition coefficient (Wildman–Crippen LogP) is 5.86. The molecule has 0 aromatic heterocycles. The summed E-state index contributed by atoms with van der Waals surface area (Å²) in [6.07, 6.45) is 3.73. The Kier molecular flexibility index (Phi) is 10.2. The summed E-state index contributed by atoms with van der Waals surface area (Å²) in [6.45, 7) is -0.983. The van der Waals surface area contributed by atoms with Crippen LogP contribution in [0.4, 0.5) is 14.5 Å². The smallest absolute Gasteiger partial charge is 0.264 e. The molecule has 1 aliphatic rings. The van der Waals surface area contributed by atoms with Gasteiger partial charge < -0.3 is 10.2 Å². The average molecular weight is 632 g/mol. The van der Waals surface area contributed by atoms with E-state index in [1.807, 2.05) is 30.3 Å². The van der Waals surface area contributed by atoms with E-state index in [9.17, 15) is 22.4 Å². The van der Waals surface area contributed by atoms with Gasteiger partial charge in [0.25, 0.3) is 10.0 Å². The first-order valence-corrected chi connectivity index (χ1v) is 16.4. The van der Waals surface area contributed by atoms with Crippen molar-refractivity contribution in [1.82, 2.24) is 10.2 Å². The predicted molar refractivity (Wildman–Crippen MR) is 169 cm³/mol. The fraction of sp³-hybridized carbons (Fsp3) is 0.257. The van der Waals surface area contributed by atoms with Crippen LogP contribution in [-0.4, -0.2) is 43.8 Å². The molecule has 4 aromatic rings. The summed E-state index contributed by atoms with van der Waals surface area (Å²) in [5.41, 5.74) is 1.02. The molecule has 45 heavy (non-hydrogen) atoms. The topological polar surface area (TPSA) is 86.8 Å². The zero-order valence-electron chi connectivity index (χ0n) is 24.7. The largest absolute Gasteiger partial charge is 0.352 e. The van der Waals surface area contributed by atoms with Crippen LogP contribution in [0.2, 0.25) is 0 Å². The molecule has 0 saturated heterocycles. The number of rotatable bonds is 12. The van der Waals surface area contributed by atoms with Crippen LogP contribution in [0.1, 0.15) is 36.8 Å². The highest BCUT2D eigenvalue weighted by molar-refractivity contribution is 7.92. The van der Waals surface area contributed by atoms with Gasteiger partial charge in [0.05, 0.1) is 10.6 Å². The van der Waals surface area contributed by atoms with Crippen LogP contribution in [0.3, 0.4) is 0 Å². The number of nitrogens with zero attached hydrogens (tertiary/aromatic N) is 2. The minimum atomic E-state index is -4.31. The number of sulfonamides is 1. The fourth-order valence-corrected chi connectivity index (χ4v) is 7.02. The van der Waals surface area contributed by atoms with E-state index in [0.717, 1.165) is 47.7 Å². The first-order valence-electron chi connectivity index (χ1n) is 14.9. The first kappa shape index (κ1) is 31.8. The van der Waals surface area contributed by atoms with Crippen LogP contribution < -0.4 is 9.62 Å². The van der Waals surface area contributed by atoms with E-state index in [0.29, 0.717) is 0 Å². The highest BCUT2D eigenvalue weighted by Gasteiger charge is 2.35. The lowest BCUT2D eigenvalue weighted by atomic mass is 10.0. The van der Waals surface area contributed by atoms with Crippen molar-refractivity contribution in [2.45, 2.75) is 55.6 Å². The molecule has 4 aromatic carbocycles. The molecule has 1 aliphatic carbocycles. The highest BCUT2D eigenvalue weighted by Crippen LogP contribution is 2.26. The van der Waals surface area contributed by atoms with Gasteiger partial charge in [-0.25, -0.2) is 17.2 Å². The van der Waals surface area contributed by atoms with Crippen molar-refractivity contribution in [2.24, 2.45) is 0 Å². The van der Waals surface area contributed by atoms with Crippen LogP contribution >= 0.6 is 0 Å². The lowest BCUT2D eigenvalue weighted by Crippen LogP contribution is -2.54. The fourth-order valence-electron chi connectivity index (χ4n) is 5.59. The van der Waals surface area contributed by atoms with E-state index >= 15 is 4.39 Å². The van der Waals surface area contributed by atoms with Crippen LogP contribution in [0.15, 0.2) is 114 Å². The molecule has 234 valence electrons. The number of benzene rings is 4. The molecular formula is C35H35F2N3O4S. The van der Waals surface area contributed by atoms with Gasteiger partial charge in [-0.15, -0.1) is 0 Å². The third kappa shape index (κ3) is 7.94. The van der Waals surface area contributed by atoms with Crippen molar-refractivity contribution in [3.8, 4) is 0 Å². The molecule has 0 spiro atoms. The van der Waals surface area contributed by atoms with E-state index < -0.39 is 46.1 Å². The third-order valence-electron chi connectivity index (χ3n) is 8.00. The monoisotopic (exact) mass is 631 g/mol. The summed E-state index contributed by atoms with van der Waals surface area (Å²) >= 11 is 0. The minimum Gasteiger partial charge on any atom is -0.352 e. The van der Waals surface area contributed by atoms with Gasteiger partial charge in [0.2, 0.25) is 11.8 Å². The lowest BCUT2D eigenvalue weighted by Gasteiger charge is -2.34. The number of carbonyl (C=O) groups excluding carboxylic acids is 2. The Hall–Kier alpha value is -4.57. The molecule has 5 rings (SSSR count). The Morgan fingerprint density at radius 1 is 0.800 bits per heavy atom. The summed E-state index contributed by atoms with van der Waals surface area (Å²) in [6, 6.07) is 26.4. The molecule has 0 heterocycles. The Balaban J connectivity index is 1.56. The zero-order chi connectivity index (χ0) is 31.8. The van der Waals surface area contributed by atoms with Gasteiger partial charge >= 0.3 is 0 Å². The Morgan fingerprint density at radius 3 is 2.04 bits per heavy atom. The van der Waals surface area contributed by atoms with Crippen molar-refractivity contribution in [2.75, 3.05) is 10.8 Å². The van der Waals surface area contributed by atoms with Crippen molar-refractivity contribution in [3.05, 3.63) is 132 Å². The second-order valence-electron chi connectivity index (χ2n) is 11.1. The number of hydrogen-bond acceptors (Lipinski definition) is 4. The lowest BCUT2D eigenvalue weighted by molar-refractivity contribution is -0.140. The number of carbonyl (C=O) groups is 2. The highest BCUT2D eigenvalue weighted by atomic mass is 32.2. The third-order valence-corrected chi connectivity index (χ3v) is 9.78. The molecule has 0 bridgehead atoms. The first-order chi connectivity index (χ1) is 21.7. The molecule has 1 atom stereocenters. The maximum absolute atomic E-state index is 15.0. The van der Waals surface area contributed by atoms with E-state index in [4.69, 9.17) is 0 Å². The zero-order valence-corrected chi connectivity index (χ0v) is 25.5. The molecule has 1 N–H and O–H groups in total. The van der Waals surface area contributed by atoms with Crippen LogP contribution in [-0.2, 0) is 32.6 Å². The average Bonchev–Trinajstić information content (AvgIpc) is 3.56. The van der Waals surface area contributed by atoms with E-state index in [1.54, 1.807) is 24.3 Å². The summed E-state index contributed by atoms with van der Waals surface area (Å²) in [5.74, 6) is -2.24. The molecule has 1 fully saturated rings. The number of nitrogens with one attached hydrogen (secondary N) is 1. The quantitative estimate of drug-likeness (QED) is 0.212. The molecule has 10 heteroatoms.